The Labute approximate surface area is 61.3 Å². The molecule has 9 heavy (non-hydrogen) atoms. The van der Waals surface area contributed by atoms with Crippen LogP contribution in [0.5, 0.6) is 0 Å². The molecule has 0 amide bonds. The number of halogens is 1. The van der Waals surface area contributed by atoms with Crippen LogP contribution in [0.1, 0.15) is 6.92 Å². The molecule has 1 rings (SSSR count). The first kappa shape index (κ1) is 6.55. The van der Waals surface area contributed by atoms with Gasteiger partial charge in [-0.05, 0) is 12.5 Å². The Bertz CT molecular complexity index is 203. The Hall–Kier alpha value is -0.570. The van der Waals surface area contributed by atoms with Crippen molar-refractivity contribution >= 4 is 21.9 Å². The van der Waals surface area contributed by atoms with Crippen LogP contribution < -0.4 is 0 Å². The van der Waals surface area contributed by atoms with Gasteiger partial charge in [0.1, 0.15) is 5.76 Å². The van der Waals surface area contributed by atoms with Crippen molar-refractivity contribution in [1.82, 2.24) is 0 Å². The fraction of sp³-hybridized carbons (Fsp3) is 0.167. The van der Waals surface area contributed by atoms with E-state index in [1.54, 1.807) is 4.99 Å². The van der Waals surface area contributed by atoms with Gasteiger partial charge in [-0.15, -0.1) is 0 Å². The predicted molar refractivity (Wildman–Crippen MR) is 36.9 cm³/mol. The van der Waals surface area contributed by atoms with Gasteiger partial charge in [-0.3, -0.25) is 0 Å². The zero-order valence-electron chi connectivity index (χ0n) is 4.85. The number of carbonyl (C=O) groups is 1. The fourth-order valence-corrected chi connectivity index (χ4v) is 1.03. The van der Waals surface area contributed by atoms with E-state index in [4.69, 9.17) is 4.74 Å². The van der Waals surface area contributed by atoms with Crippen LogP contribution in [0.15, 0.2) is 22.4 Å². The van der Waals surface area contributed by atoms with Crippen LogP contribution >= 0.6 is 15.9 Å². The van der Waals surface area contributed by atoms with Crippen LogP contribution in [0.25, 0.3) is 0 Å². The maximum atomic E-state index is 10.5. The molecule has 0 fully saturated rings. The second-order valence-electron chi connectivity index (χ2n) is 1.72. The molecule has 2 nitrogen and oxygen atoms in total. The topological polar surface area (TPSA) is 26.3 Å². The van der Waals surface area contributed by atoms with Crippen molar-refractivity contribution in [3.63, 3.8) is 0 Å². The minimum Gasteiger partial charge on any atom is -0.423 e. The molecule has 48 valence electrons. The van der Waals surface area contributed by atoms with E-state index in [1.165, 1.54) is 6.08 Å². The summed E-state index contributed by atoms with van der Waals surface area (Å²) in [4.78, 5) is 12.0. The summed E-state index contributed by atoms with van der Waals surface area (Å²) in [7, 11) is 0. The molecule has 0 spiro atoms. The van der Waals surface area contributed by atoms with Gasteiger partial charge < -0.3 is 4.74 Å². The average molecular weight is 189 g/mol. The Morgan fingerprint density at radius 3 is 2.67 bits per heavy atom. The summed E-state index contributed by atoms with van der Waals surface area (Å²) in [5, 5.41) is 0. The summed E-state index contributed by atoms with van der Waals surface area (Å²) in [5.74, 6) is 0.304. The van der Waals surface area contributed by atoms with Crippen LogP contribution in [0, 0.1) is 0 Å². The highest BCUT2D eigenvalue weighted by Crippen LogP contribution is 2.19. The van der Waals surface area contributed by atoms with Gasteiger partial charge in [-0.2, -0.15) is 0 Å². The smallest absolute Gasteiger partial charge is 0.336 e. The number of hydrogen-bond donors (Lipinski definition) is 0. The molecule has 0 saturated heterocycles. The standard InChI is InChI=1S/C6H5BrO2/c1-4-2-6(8)9-5(4)3-7/h2-3H,1H3. The Balaban J connectivity index is 2.89. The Morgan fingerprint density at radius 2 is 2.44 bits per heavy atom. The van der Waals surface area contributed by atoms with Gasteiger partial charge in [-0.1, -0.05) is 15.9 Å². The monoisotopic (exact) mass is 188 g/mol. The molecule has 1 aliphatic rings. The van der Waals surface area contributed by atoms with Crippen LogP contribution in [0.3, 0.4) is 0 Å². The molecular formula is C6H5BrO2. The van der Waals surface area contributed by atoms with Crippen LogP contribution in [0.4, 0.5) is 0 Å². The van der Waals surface area contributed by atoms with Crippen molar-refractivity contribution in [2.45, 2.75) is 6.92 Å². The minimum absolute atomic E-state index is 0.293. The molecule has 0 aliphatic carbocycles. The Kier molecular flexibility index (Phi) is 1.71. The molecule has 0 aromatic carbocycles. The quantitative estimate of drug-likeness (QED) is 0.542. The second kappa shape index (κ2) is 2.35. The number of rotatable bonds is 0. The van der Waals surface area contributed by atoms with Crippen molar-refractivity contribution in [3.05, 3.63) is 22.4 Å². The van der Waals surface area contributed by atoms with Gasteiger partial charge in [0.05, 0.1) is 0 Å². The lowest BCUT2D eigenvalue weighted by Gasteiger charge is -1.93. The predicted octanol–water partition coefficient (Wildman–Crippen LogP) is 1.73. The SMILES string of the molecule is CC1=CC(=O)OC1=CBr. The molecule has 0 unspecified atom stereocenters. The number of ether oxygens (including phenoxy) is 1. The number of hydrogen-bond acceptors (Lipinski definition) is 2. The molecule has 1 heterocycles. The highest BCUT2D eigenvalue weighted by molar-refractivity contribution is 9.11. The summed E-state index contributed by atoms with van der Waals surface area (Å²) in [6.07, 6.45) is 1.45. The first-order chi connectivity index (χ1) is 4.24. The van der Waals surface area contributed by atoms with Crippen molar-refractivity contribution in [1.29, 1.82) is 0 Å². The normalized spacial score (nSPS) is 22.2. The fourth-order valence-electron chi connectivity index (χ4n) is 0.575. The van der Waals surface area contributed by atoms with Crippen molar-refractivity contribution < 1.29 is 9.53 Å². The maximum Gasteiger partial charge on any atom is 0.336 e. The van der Waals surface area contributed by atoms with E-state index in [0.29, 0.717) is 5.76 Å². The molecule has 1 aliphatic heterocycles. The van der Waals surface area contributed by atoms with Gasteiger partial charge in [0, 0.05) is 11.1 Å². The number of cyclic esters (lactones) is 1. The third kappa shape index (κ3) is 1.21. The molecule has 0 atom stereocenters. The highest BCUT2D eigenvalue weighted by Gasteiger charge is 2.14. The maximum absolute atomic E-state index is 10.5. The third-order valence-electron chi connectivity index (χ3n) is 1.03. The second-order valence-corrected chi connectivity index (χ2v) is 2.18. The molecular weight excluding hydrogens is 184 g/mol. The summed E-state index contributed by atoms with van der Waals surface area (Å²) in [6, 6.07) is 0. The molecule has 0 N–H and O–H groups in total. The Morgan fingerprint density at radius 1 is 1.78 bits per heavy atom. The molecule has 3 heteroatoms. The van der Waals surface area contributed by atoms with Crippen molar-refractivity contribution in [2.75, 3.05) is 0 Å². The minimum atomic E-state index is -0.293. The molecule has 0 aromatic heterocycles. The van der Waals surface area contributed by atoms with Gasteiger partial charge in [-0.25, -0.2) is 4.79 Å². The van der Waals surface area contributed by atoms with E-state index >= 15 is 0 Å². The van der Waals surface area contributed by atoms with Crippen molar-refractivity contribution in [2.24, 2.45) is 0 Å². The van der Waals surface area contributed by atoms with Gasteiger partial charge in [0.2, 0.25) is 0 Å². The number of carbonyl (C=O) groups excluding carboxylic acids is 1. The van der Waals surface area contributed by atoms with Crippen LogP contribution in [-0.2, 0) is 9.53 Å². The molecule has 0 saturated carbocycles. The molecule has 0 aromatic rings. The van der Waals surface area contributed by atoms with Gasteiger partial charge in [0.25, 0.3) is 0 Å². The lowest BCUT2D eigenvalue weighted by Crippen LogP contribution is -1.89. The van der Waals surface area contributed by atoms with Crippen LogP contribution in [-0.4, -0.2) is 5.97 Å². The van der Waals surface area contributed by atoms with E-state index in [-0.39, 0.29) is 5.97 Å². The lowest BCUT2D eigenvalue weighted by atomic mass is 10.3. The highest BCUT2D eigenvalue weighted by atomic mass is 79.9. The van der Waals surface area contributed by atoms with Gasteiger partial charge in [0.15, 0.2) is 0 Å². The molecule has 0 bridgehead atoms. The largest absolute Gasteiger partial charge is 0.423 e. The first-order valence-electron chi connectivity index (χ1n) is 2.45. The number of esters is 1. The zero-order valence-corrected chi connectivity index (χ0v) is 6.44. The summed E-state index contributed by atoms with van der Waals surface area (Å²) in [6.45, 7) is 1.82. The van der Waals surface area contributed by atoms with E-state index in [2.05, 4.69) is 15.9 Å². The lowest BCUT2D eigenvalue weighted by molar-refractivity contribution is -0.132. The third-order valence-corrected chi connectivity index (χ3v) is 1.45. The summed E-state index contributed by atoms with van der Waals surface area (Å²) < 4.78 is 4.71. The van der Waals surface area contributed by atoms with E-state index < -0.39 is 0 Å². The summed E-state index contributed by atoms with van der Waals surface area (Å²) >= 11 is 3.06. The van der Waals surface area contributed by atoms with Gasteiger partial charge >= 0.3 is 5.97 Å². The molecule has 0 radical (unpaired) electrons. The average Bonchev–Trinajstić information content (AvgIpc) is 2.10. The zero-order chi connectivity index (χ0) is 6.85. The first-order valence-corrected chi connectivity index (χ1v) is 3.36. The van der Waals surface area contributed by atoms with E-state index in [0.717, 1.165) is 5.57 Å². The number of allylic oxidation sites excluding steroid dienone is 1. The van der Waals surface area contributed by atoms with Crippen LogP contribution in [0.2, 0.25) is 0 Å². The van der Waals surface area contributed by atoms with E-state index in [1.807, 2.05) is 6.92 Å². The summed E-state index contributed by atoms with van der Waals surface area (Å²) in [5.41, 5.74) is 0.858. The van der Waals surface area contributed by atoms with E-state index in [9.17, 15) is 4.79 Å². The van der Waals surface area contributed by atoms with Crippen molar-refractivity contribution in [3.8, 4) is 0 Å².